The number of aryl methyl sites for hydroxylation is 2. The predicted octanol–water partition coefficient (Wildman–Crippen LogP) is 3.15. The minimum Gasteiger partial charge on any atom is -0.299 e. The van der Waals surface area contributed by atoms with E-state index < -0.39 is 11.7 Å². The molecular weight excluding hydrogens is 273 g/mol. The van der Waals surface area contributed by atoms with E-state index in [1.165, 1.54) is 10.4 Å². The Kier molecular flexibility index (Phi) is 3.46. The first kappa shape index (κ1) is 13.1. The van der Waals surface area contributed by atoms with Crippen molar-refractivity contribution in [3.05, 3.63) is 39.4 Å². The average Bonchev–Trinajstić information content (AvgIpc) is 2.60. The molecule has 0 atom stereocenters. The summed E-state index contributed by atoms with van der Waals surface area (Å²) < 4.78 is 0. The van der Waals surface area contributed by atoms with Crippen LogP contribution in [0.5, 0.6) is 0 Å². The summed E-state index contributed by atoms with van der Waals surface area (Å²) in [6.45, 7) is 3.79. The number of rotatable bonds is 2. The van der Waals surface area contributed by atoms with Crippen molar-refractivity contribution in [1.29, 1.82) is 0 Å². The number of amides is 1. The van der Waals surface area contributed by atoms with Crippen molar-refractivity contribution in [3.8, 4) is 0 Å². The van der Waals surface area contributed by atoms with Gasteiger partial charge in [-0.05, 0) is 25.0 Å². The zero-order valence-corrected chi connectivity index (χ0v) is 11.5. The minimum absolute atomic E-state index is 0.118. The molecule has 0 radical (unpaired) electrons. The van der Waals surface area contributed by atoms with Gasteiger partial charge in [-0.15, -0.1) is 0 Å². The molecule has 1 aliphatic rings. The van der Waals surface area contributed by atoms with Gasteiger partial charge in [-0.1, -0.05) is 35.3 Å². The Hall–Kier alpha value is -1.32. The number of nitrogens with zero attached hydrogens (tertiary/aromatic N) is 1. The Labute approximate surface area is 115 Å². The number of halogens is 2. The number of anilines is 1. The lowest BCUT2D eigenvalue weighted by molar-refractivity contribution is -0.114. The zero-order chi connectivity index (χ0) is 13.4. The summed E-state index contributed by atoms with van der Waals surface area (Å²) in [7, 11) is 0. The smallest absolute Gasteiger partial charge is 0.299 e. The van der Waals surface area contributed by atoms with Crippen molar-refractivity contribution >= 4 is 40.6 Å². The van der Waals surface area contributed by atoms with E-state index in [0.29, 0.717) is 16.3 Å². The molecule has 1 aliphatic heterocycles. The number of hydrogen-bond donors (Lipinski definition) is 0. The summed E-state index contributed by atoms with van der Waals surface area (Å²) in [5, 5.41) is 0.312. The van der Waals surface area contributed by atoms with Gasteiger partial charge in [0, 0.05) is 10.6 Å². The third-order valence-electron chi connectivity index (χ3n) is 2.95. The van der Waals surface area contributed by atoms with Gasteiger partial charge in [-0.3, -0.25) is 14.5 Å². The molecule has 0 unspecified atom stereocenters. The van der Waals surface area contributed by atoms with Crippen LogP contribution >= 0.6 is 23.2 Å². The fourth-order valence-electron chi connectivity index (χ4n) is 2.10. The van der Waals surface area contributed by atoms with E-state index in [2.05, 4.69) is 0 Å². The Morgan fingerprint density at radius 1 is 1.28 bits per heavy atom. The van der Waals surface area contributed by atoms with Crippen molar-refractivity contribution < 1.29 is 9.59 Å². The van der Waals surface area contributed by atoms with Crippen LogP contribution in [-0.4, -0.2) is 18.2 Å². The Bertz CT molecular complexity index is 579. The van der Waals surface area contributed by atoms with Gasteiger partial charge in [-0.25, -0.2) is 0 Å². The normalized spacial score (nSPS) is 15.3. The van der Waals surface area contributed by atoms with E-state index in [0.717, 1.165) is 11.1 Å². The first-order valence-corrected chi connectivity index (χ1v) is 6.20. The molecule has 0 fully saturated rings. The van der Waals surface area contributed by atoms with Gasteiger partial charge in [0.1, 0.15) is 0 Å². The molecule has 0 saturated heterocycles. The average molecular weight is 284 g/mol. The minimum atomic E-state index is -0.556. The molecule has 1 heterocycles. The van der Waals surface area contributed by atoms with Crippen LogP contribution in [-0.2, 0) is 4.79 Å². The third kappa shape index (κ3) is 1.93. The molecular formula is C13H11Cl2NO2. The highest BCUT2D eigenvalue weighted by molar-refractivity contribution is 6.53. The number of hydrogen-bond acceptors (Lipinski definition) is 2. The number of ketones is 1. The molecule has 2 rings (SSSR count). The van der Waals surface area contributed by atoms with Crippen LogP contribution in [0.1, 0.15) is 21.5 Å². The molecule has 3 nitrogen and oxygen atoms in total. The molecule has 1 amide bonds. The highest BCUT2D eigenvalue weighted by Gasteiger charge is 2.38. The second kappa shape index (κ2) is 4.75. The summed E-state index contributed by atoms with van der Waals surface area (Å²) >= 11 is 11.3. The number of carbonyl (C=O) groups is 2. The van der Waals surface area contributed by atoms with E-state index >= 15 is 0 Å². The van der Waals surface area contributed by atoms with Crippen LogP contribution in [0.2, 0.25) is 0 Å². The van der Waals surface area contributed by atoms with Gasteiger partial charge in [-0.2, -0.15) is 0 Å². The van der Waals surface area contributed by atoms with Gasteiger partial charge in [0.05, 0.1) is 17.8 Å². The van der Waals surface area contributed by atoms with Crippen LogP contribution in [0.15, 0.2) is 22.7 Å². The van der Waals surface area contributed by atoms with Gasteiger partial charge < -0.3 is 0 Å². The van der Waals surface area contributed by atoms with Crippen molar-refractivity contribution in [2.45, 2.75) is 13.8 Å². The molecule has 0 saturated carbocycles. The first-order chi connectivity index (χ1) is 8.47. The van der Waals surface area contributed by atoms with Crippen LogP contribution in [0, 0.1) is 13.8 Å². The Morgan fingerprint density at radius 3 is 2.50 bits per heavy atom. The van der Waals surface area contributed by atoms with E-state index in [1.807, 2.05) is 26.0 Å². The quantitative estimate of drug-likeness (QED) is 0.782. The number of benzene rings is 1. The third-order valence-corrected chi connectivity index (χ3v) is 3.56. The lowest BCUT2D eigenvalue weighted by atomic mass is 10.0. The van der Waals surface area contributed by atoms with E-state index in [4.69, 9.17) is 23.2 Å². The molecule has 94 valence electrons. The monoisotopic (exact) mass is 283 g/mol. The van der Waals surface area contributed by atoms with Gasteiger partial charge in [0.15, 0.2) is 0 Å². The van der Waals surface area contributed by atoms with Crippen LogP contribution < -0.4 is 4.90 Å². The maximum absolute atomic E-state index is 12.0. The molecule has 1 aromatic carbocycles. The number of Topliss-reactive ketones (excluding diaryl/α,β-unsaturated/α-hetero) is 1. The largest absolute Gasteiger partial charge is 0.299 e. The summed E-state index contributed by atoms with van der Waals surface area (Å²) in [5.41, 5.74) is 3.97. The van der Waals surface area contributed by atoms with Crippen molar-refractivity contribution in [2.24, 2.45) is 0 Å². The highest BCUT2D eigenvalue weighted by Crippen LogP contribution is 2.35. The topological polar surface area (TPSA) is 37.4 Å². The Balaban J connectivity index is 2.58. The first-order valence-electron chi connectivity index (χ1n) is 5.38. The molecule has 1 aromatic rings. The van der Waals surface area contributed by atoms with Crippen LogP contribution in [0.25, 0.3) is 0 Å². The summed E-state index contributed by atoms with van der Waals surface area (Å²) in [6.07, 6.45) is 0. The van der Waals surface area contributed by atoms with Crippen LogP contribution in [0.3, 0.4) is 0 Å². The number of fused-ring (bicyclic) bond motifs is 1. The second-order valence-electron chi connectivity index (χ2n) is 4.20. The van der Waals surface area contributed by atoms with Gasteiger partial charge in [0.2, 0.25) is 0 Å². The van der Waals surface area contributed by atoms with Gasteiger partial charge >= 0.3 is 0 Å². The fourth-order valence-corrected chi connectivity index (χ4v) is 2.29. The van der Waals surface area contributed by atoms with E-state index in [-0.39, 0.29) is 6.54 Å². The highest BCUT2D eigenvalue weighted by atomic mass is 35.5. The van der Waals surface area contributed by atoms with Crippen molar-refractivity contribution in [2.75, 3.05) is 11.4 Å². The zero-order valence-electron chi connectivity index (χ0n) is 9.96. The summed E-state index contributed by atoms with van der Waals surface area (Å²) in [5.74, 6) is -1.04. The van der Waals surface area contributed by atoms with Crippen molar-refractivity contribution in [3.63, 3.8) is 0 Å². The molecule has 0 aliphatic carbocycles. The second-order valence-corrected chi connectivity index (χ2v) is 4.90. The van der Waals surface area contributed by atoms with E-state index in [9.17, 15) is 9.59 Å². The summed E-state index contributed by atoms with van der Waals surface area (Å²) in [6, 6.07) is 3.72. The SMILES string of the molecule is Cc1ccc(C)c2c1C(=O)C(=O)N2CC(Cl)=CCl. The molecule has 0 spiro atoms. The maximum atomic E-state index is 12.0. The molecule has 0 aromatic heterocycles. The maximum Gasteiger partial charge on any atom is 0.299 e. The fraction of sp³-hybridized carbons (Fsp3) is 0.231. The molecule has 18 heavy (non-hydrogen) atoms. The Morgan fingerprint density at radius 2 is 1.89 bits per heavy atom. The molecule has 5 heteroatoms. The summed E-state index contributed by atoms with van der Waals surface area (Å²) in [4.78, 5) is 25.3. The lowest BCUT2D eigenvalue weighted by Crippen LogP contribution is -2.31. The predicted molar refractivity (Wildman–Crippen MR) is 72.4 cm³/mol. The van der Waals surface area contributed by atoms with Crippen molar-refractivity contribution in [1.82, 2.24) is 0 Å². The van der Waals surface area contributed by atoms with Crippen LogP contribution in [0.4, 0.5) is 5.69 Å². The number of carbonyl (C=O) groups excluding carboxylic acids is 2. The molecule has 0 N–H and O–H groups in total. The lowest BCUT2D eigenvalue weighted by Gasteiger charge is -2.18. The molecule has 0 bridgehead atoms. The standard InChI is InChI=1S/C13H11Cl2NO2/c1-7-3-4-8(2)11-10(7)12(17)13(18)16(11)6-9(15)5-14/h3-5H,6H2,1-2H3. The van der Waals surface area contributed by atoms with Gasteiger partial charge in [0.25, 0.3) is 11.7 Å². The van der Waals surface area contributed by atoms with E-state index in [1.54, 1.807) is 0 Å².